The van der Waals surface area contributed by atoms with Crippen molar-refractivity contribution in [1.82, 2.24) is 0 Å². The first kappa shape index (κ1) is 11.8. The lowest BCUT2D eigenvalue weighted by Gasteiger charge is -2.09. The van der Waals surface area contributed by atoms with Crippen molar-refractivity contribution in [2.75, 3.05) is 14.2 Å². The summed E-state index contributed by atoms with van der Waals surface area (Å²) in [5.74, 6) is 1.03. The van der Waals surface area contributed by atoms with Gasteiger partial charge in [0.05, 0.1) is 19.8 Å². The number of benzene rings is 1. The third-order valence-electron chi connectivity index (χ3n) is 1.87. The molecule has 0 atom stereocenters. The second kappa shape index (κ2) is 4.97. The number of nitro groups is 1. The minimum absolute atomic E-state index is 0.284. The Kier molecular flexibility index (Phi) is 3.90. The SMILES string of the molecule is COc1cc(Br)c(C[N+](=O)[O-])c(OC)c1. The van der Waals surface area contributed by atoms with Crippen LogP contribution in [0.25, 0.3) is 0 Å². The average molecular weight is 276 g/mol. The molecule has 15 heavy (non-hydrogen) atoms. The molecule has 0 N–H and O–H groups in total. The summed E-state index contributed by atoms with van der Waals surface area (Å²) in [7, 11) is 2.99. The Morgan fingerprint density at radius 2 is 2.07 bits per heavy atom. The Labute approximate surface area is 95.3 Å². The molecule has 0 unspecified atom stereocenters. The second-order valence-corrected chi connectivity index (χ2v) is 3.64. The van der Waals surface area contributed by atoms with E-state index < -0.39 is 4.92 Å². The third kappa shape index (κ3) is 2.82. The summed E-state index contributed by atoms with van der Waals surface area (Å²) in [6.07, 6.45) is 0. The third-order valence-corrected chi connectivity index (χ3v) is 2.58. The van der Waals surface area contributed by atoms with E-state index in [1.165, 1.54) is 14.2 Å². The predicted octanol–water partition coefficient (Wildman–Crippen LogP) is 2.24. The summed E-state index contributed by atoms with van der Waals surface area (Å²) < 4.78 is 10.7. The van der Waals surface area contributed by atoms with Gasteiger partial charge in [-0.3, -0.25) is 10.1 Å². The second-order valence-electron chi connectivity index (χ2n) is 2.78. The number of hydrogen-bond acceptors (Lipinski definition) is 4. The maximum atomic E-state index is 10.4. The Morgan fingerprint density at radius 1 is 1.40 bits per heavy atom. The van der Waals surface area contributed by atoms with E-state index in [0.717, 1.165) is 0 Å². The number of nitrogens with zero attached hydrogens (tertiary/aromatic N) is 1. The summed E-state index contributed by atoms with van der Waals surface area (Å²) in [5.41, 5.74) is 0.503. The molecule has 0 aliphatic heterocycles. The molecular formula is C9H10BrNO4. The van der Waals surface area contributed by atoms with Crippen LogP contribution < -0.4 is 9.47 Å². The Bertz CT molecular complexity index is 381. The largest absolute Gasteiger partial charge is 0.497 e. The number of ether oxygens (including phenoxy) is 2. The van der Waals surface area contributed by atoms with Crippen molar-refractivity contribution in [2.24, 2.45) is 0 Å². The predicted molar refractivity (Wildman–Crippen MR) is 57.9 cm³/mol. The highest BCUT2D eigenvalue weighted by atomic mass is 79.9. The summed E-state index contributed by atoms with van der Waals surface area (Å²) in [6, 6.07) is 3.28. The van der Waals surface area contributed by atoms with Crippen molar-refractivity contribution >= 4 is 15.9 Å². The lowest BCUT2D eigenvalue weighted by Crippen LogP contribution is -2.02. The molecule has 82 valence electrons. The van der Waals surface area contributed by atoms with E-state index in [0.29, 0.717) is 21.5 Å². The van der Waals surface area contributed by atoms with Crippen LogP contribution in [0.1, 0.15) is 5.56 Å². The lowest BCUT2D eigenvalue weighted by atomic mass is 10.2. The van der Waals surface area contributed by atoms with Crippen LogP contribution in [0.15, 0.2) is 16.6 Å². The molecule has 6 heteroatoms. The quantitative estimate of drug-likeness (QED) is 0.625. The van der Waals surface area contributed by atoms with Crippen LogP contribution in [0, 0.1) is 10.1 Å². The molecule has 0 saturated carbocycles. The Morgan fingerprint density at radius 3 is 2.53 bits per heavy atom. The van der Waals surface area contributed by atoms with Gasteiger partial charge in [-0.2, -0.15) is 0 Å². The zero-order valence-corrected chi connectivity index (χ0v) is 9.91. The van der Waals surface area contributed by atoms with Crippen molar-refractivity contribution in [3.05, 3.63) is 32.3 Å². The van der Waals surface area contributed by atoms with Gasteiger partial charge in [-0.1, -0.05) is 0 Å². The van der Waals surface area contributed by atoms with Gasteiger partial charge in [0.15, 0.2) is 0 Å². The van der Waals surface area contributed by atoms with E-state index in [9.17, 15) is 10.1 Å². The first-order valence-corrected chi connectivity index (χ1v) is 4.90. The summed E-state index contributed by atoms with van der Waals surface area (Å²) in [4.78, 5) is 10.0. The summed E-state index contributed by atoms with van der Waals surface area (Å²) >= 11 is 3.24. The number of rotatable bonds is 4. The van der Waals surface area contributed by atoms with Crippen molar-refractivity contribution < 1.29 is 14.4 Å². The molecule has 0 heterocycles. The molecule has 1 aromatic carbocycles. The summed E-state index contributed by atoms with van der Waals surface area (Å²) in [5, 5.41) is 10.4. The zero-order valence-electron chi connectivity index (χ0n) is 8.32. The van der Waals surface area contributed by atoms with Crippen LogP contribution in [0.2, 0.25) is 0 Å². The smallest absolute Gasteiger partial charge is 0.233 e. The Balaban J connectivity index is 3.18. The van der Waals surface area contributed by atoms with Gasteiger partial charge < -0.3 is 9.47 Å². The van der Waals surface area contributed by atoms with Crippen LogP contribution in [0.3, 0.4) is 0 Å². The molecular weight excluding hydrogens is 266 g/mol. The summed E-state index contributed by atoms with van der Waals surface area (Å²) in [6.45, 7) is -0.284. The van der Waals surface area contributed by atoms with E-state index in [1.54, 1.807) is 12.1 Å². The molecule has 1 rings (SSSR count). The van der Waals surface area contributed by atoms with Gasteiger partial charge in [-0.05, 0) is 22.0 Å². The maximum Gasteiger partial charge on any atom is 0.233 e. The molecule has 0 bridgehead atoms. The molecule has 5 nitrogen and oxygen atoms in total. The number of hydrogen-bond donors (Lipinski definition) is 0. The molecule has 0 aliphatic carbocycles. The minimum Gasteiger partial charge on any atom is -0.497 e. The first-order chi connectivity index (χ1) is 7.08. The van der Waals surface area contributed by atoms with E-state index in [1.807, 2.05) is 0 Å². The fourth-order valence-electron chi connectivity index (χ4n) is 1.17. The highest BCUT2D eigenvalue weighted by Crippen LogP contribution is 2.32. The van der Waals surface area contributed by atoms with Gasteiger partial charge in [0.1, 0.15) is 11.5 Å². The topological polar surface area (TPSA) is 61.6 Å². The lowest BCUT2D eigenvalue weighted by molar-refractivity contribution is -0.497. The van der Waals surface area contributed by atoms with Gasteiger partial charge in [-0.25, -0.2) is 0 Å². The van der Waals surface area contributed by atoms with Crippen LogP contribution in [-0.4, -0.2) is 19.1 Å². The van der Waals surface area contributed by atoms with E-state index in [4.69, 9.17) is 9.47 Å². The van der Waals surface area contributed by atoms with Crippen molar-refractivity contribution in [1.29, 1.82) is 0 Å². The van der Waals surface area contributed by atoms with Crippen LogP contribution in [-0.2, 0) is 6.54 Å². The standard InChI is InChI=1S/C9H10BrNO4/c1-14-6-3-8(10)7(5-11(12)13)9(4-6)15-2/h3-4H,5H2,1-2H3. The van der Waals surface area contributed by atoms with Crippen molar-refractivity contribution in [3.63, 3.8) is 0 Å². The molecule has 0 amide bonds. The number of halogens is 1. The fourth-order valence-corrected chi connectivity index (χ4v) is 1.72. The first-order valence-electron chi connectivity index (χ1n) is 4.10. The van der Waals surface area contributed by atoms with Crippen molar-refractivity contribution in [2.45, 2.75) is 6.54 Å². The molecule has 0 aromatic heterocycles. The van der Waals surface area contributed by atoms with E-state index in [2.05, 4.69) is 15.9 Å². The van der Waals surface area contributed by atoms with Crippen LogP contribution in [0.5, 0.6) is 11.5 Å². The van der Waals surface area contributed by atoms with Crippen LogP contribution >= 0.6 is 15.9 Å². The highest BCUT2D eigenvalue weighted by molar-refractivity contribution is 9.10. The molecule has 1 aromatic rings. The molecule has 0 saturated heterocycles. The van der Waals surface area contributed by atoms with Gasteiger partial charge in [0.2, 0.25) is 6.54 Å². The maximum absolute atomic E-state index is 10.4. The monoisotopic (exact) mass is 275 g/mol. The fraction of sp³-hybridized carbons (Fsp3) is 0.333. The minimum atomic E-state index is -0.408. The van der Waals surface area contributed by atoms with Gasteiger partial charge in [0, 0.05) is 15.5 Å². The van der Waals surface area contributed by atoms with E-state index in [-0.39, 0.29) is 6.54 Å². The molecule has 0 radical (unpaired) electrons. The van der Waals surface area contributed by atoms with E-state index >= 15 is 0 Å². The number of methoxy groups -OCH3 is 2. The Hall–Kier alpha value is -1.30. The van der Waals surface area contributed by atoms with Crippen LogP contribution in [0.4, 0.5) is 0 Å². The van der Waals surface area contributed by atoms with Gasteiger partial charge in [-0.15, -0.1) is 0 Å². The zero-order chi connectivity index (χ0) is 11.4. The average Bonchev–Trinajstić information content (AvgIpc) is 2.20. The van der Waals surface area contributed by atoms with Crippen molar-refractivity contribution in [3.8, 4) is 11.5 Å². The van der Waals surface area contributed by atoms with Gasteiger partial charge >= 0.3 is 0 Å². The molecule has 0 spiro atoms. The normalized spacial score (nSPS) is 9.80. The molecule has 0 fully saturated rings. The van der Waals surface area contributed by atoms with Gasteiger partial charge in [0.25, 0.3) is 0 Å². The highest BCUT2D eigenvalue weighted by Gasteiger charge is 2.15. The molecule has 0 aliphatic rings.